The van der Waals surface area contributed by atoms with E-state index in [4.69, 9.17) is 0 Å². The van der Waals surface area contributed by atoms with Crippen LogP contribution in [-0.2, 0) is 6.42 Å². The van der Waals surface area contributed by atoms with Gasteiger partial charge in [-0.15, -0.1) is 0 Å². The summed E-state index contributed by atoms with van der Waals surface area (Å²) >= 11 is 0. The van der Waals surface area contributed by atoms with Gasteiger partial charge in [0.2, 0.25) is 0 Å². The lowest BCUT2D eigenvalue weighted by Gasteiger charge is -2.35. The number of hydrogen-bond donors (Lipinski definition) is 1. The van der Waals surface area contributed by atoms with Gasteiger partial charge in [0, 0.05) is 42.8 Å². The van der Waals surface area contributed by atoms with Crippen molar-refractivity contribution < 1.29 is 4.79 Å². The second-order valence-electron chi connectivity index (χ2n) is 6.42. The summed E-state index contributed by atoms with van der Waals surface area (Å²) in [5.41, 5.74) is 4.62. The molecule has 0 radical (unpaired) electrons. The molecule has 1 atom stereocenters. The molecule has 1 unspecified atom stereocenters. The molecule has 0 saturated carbocycles. The van der Waals surface area contributed by atoms with Crippen LogP contribution in [0.5, 0.6) is 0 Å². The van der Waals surface area contributed by atoms with E-state index in [1.807, 2.05) is 64.2 Å². The van der Waals surface area contributed by atoms with Gasteiger partial charge in [0.1, 0.15) is 11.7 Å². The number of rotatable bonds is 2. The van der Waals surface area contributed by atoms with Crippen molar-refractivity contribution >= 4 is 11.4 Å². The van der Waals surface area contributed by atoms with Gasteiger partial charge in [-0.1, -0.05) is 12.1 Å². The predicted octanol–water partition coefficient (Wildman–Crippen LogP) is 2.85. The maximum Gasteiger partial charge on any atom is 0.271 e. The molecule has 1 aliphatic rings. The number of carbonyl (C=O) groups is 1. The molecule has 0 saturated heterocycles. The van der Waals surface area contributed by atoms with Crippen molar-refractivity contribution in [3.05, 3.63) is 90.0 Å². The highest BCUT2D eigenvalue weighted by molar-refractivity contribution is 5.94. The quantitative estimate of drug-likeness (QED) is 0.609. The average molecular weight is 343 g/mol. The van der Waals surface area contributed by atoms with Crippen LogP contribution >= 0.6 is 0 Å². The van der Waals surface area contributed by atoms with Crippen molar-refractivity contribution in [2.75, 3.05) is 6.54 Å². The Balaban J connectivity index is 1.62. The summed E-state index contributed by atoms with van der Waals surface area (Å²) in [6, 6.07) is 13.4. The van der Waals surface area contributed by atoms with Crippen molar-refractivity contribution in [2.45, 2.75) is 12.5 Å². The number of H-pyrrole nitrogens is 1. The van der Waals surface area contributed by atoms with E-state index < -0.39 is 0 Å². The van der Waals surface area contributed by atoms with E-state index in [9.17, 15) is 4.79 Å². The molecule has 1 N–H and O–H groups in total. The van der Waals surface area contributed by atoms with E-state index in [2.05, 4.69) is 15.0 Å². The van der Waals surface area contributed by atoms with E-state index in [1.54, 1.807) is 12.5 Å². The van der Waals surface area contributed by atoms with E-state index >= 15 is 0 Å². The molecule has 5 heterocycles. The molecule has 6 heteroatoms. The van der Waals surface area contributed by atoms with Crippen LogP contribution in [0.2, 0.25) is 0 Å². The SMILES string of the molecule is O=C(c1ccc2ccccn12)N1CCc2[nH]cnc2C1c1cccnc1. The largest absolute Gasteiger partial charge is 0.348 e. The van der Waals surface area contributed by atoms with Gasteiger partial charge in [-0.05, 0) is 35.9 Å². The Kier molecular flexibility index (Phi) is 3.35. The number of nitrogens with one attached hydrogen (secondary N) is 1. The van der Waals surface area contributed by atoms with Crippen LogP contribution in [0.25, 0.3) is 5.52 Å². The van der Waals surface area contributed by atoms with Crippen molar-refractivity contribution in [1.29, 1.82) is 0 Å². The number of aromatic amines is 1. The summed E-state index contributed by atoms with van der Waals surface area (Å²) < 4.78 is 1.93. The summed E-state index contributed by atoms with van der Waals surface area (Å²) in [6.07, 6.45) is 7.94. The Bertz CT molecular complexity index is 1080. The molecule has 6 nitrogen and oxygen atoms in total. The molecule has 0 bridgehead atoms. The number of amides is 1. The van der Waals surface area contributed by atoms with E-state index in [1.165, 1.54) is 0 Å². The maximum absolute atomic E-state index is 13.4. The third-order valence-corrected chi connectivity index (χ3v) is 4.97. The van der Waals surface area contributed by atoms with Crippen LogP contribution in [-0.4, -0.2) is 36.7 Å². The number of pyridine rings is 2. The number of carbonyl (C=O) groups excluding carboxylic acids is 1. The van der Waals surface area contributed by atoms with Gasteiger partial charge in [0.05, 0.1) is 12.0 Å². The van der Waals surface area contributed by atoms with E-state index in [0.717, 1.165) is 28.9 Å². The second-order valence-corrected chi connectivity index (χ2v) is 6.42. The molecule has 0 fully saturated rings. The molecule has 0 aromatic carbocycles. The first-order valence-corrected chi connectivity index (χ1v) is 8.62. The number of aromatic nitrogens is 4. The molecule has 1 amide bonds. The zero-order valence-electron chi connectivity index (χ0n) is 14.0. The standard InChI is InChI=1S/C20H17N5O/c26-20(17-7-6-15-5-1-2-10-24(15)17)25-11-8-16-18(23-13-22-16)19(25)14-4-3-9-21-12-14/h1-7,9-10,12-13,19H,8,11H2,(H,22,23). The number of hydrogen-bond acceptors (Lipinski definition) is 3. The molecule has 4 aromatic heterocycles. The molecular weight excluding hydrogens is 326 g/mol. The van der Waals surface area contributed by atoms with Gasteiger partial charge >= 0.3 is 0 Å². The van der Waals surface area contributed by atoms with Gasteiger partial charge in [-0.2, -0.15) is 0 Å². The molecule has 0 spiro atoms. The topological polar surface area (TPSA) is 66.3 Å². The lowest BCUT2D eigenvalue weighted by Crippen LogP contribution is -2.41. The molecule has 26 heavy (non-hydrogen) atoms. The fraction of sp³-hybridized carbons (Fsp3) is 0.150. The Labute approximate surface area is 150 Å². The fourth-order valence-electron chi connectivity index (χ4n) is 3.75. The maximum atomic E-state index is 13.4. The van der Waals surface area contributed by atoms with E-state index in [-0.39, 0.29) is 11.9 Å². The van der Waals surface area contributed by atoms with Crippen LogP contribution < -0.4 is 0 Å². The normalized spacial score (nSPS) is 16.6. The van der Waals surface area contributed by atoms with Crippen molar-refractivity contribution in [3.8, 4) is 0 Å². The number of fused-ring (bicyclic) bond motifs is 2. The average Bonchev–Trinajstić information content (AvgIpc) is 3.34. The molecule has 128 valence electrons. The summed E-state index contributed by atoms with van der Waals surface area (Å²) in [5, 5.41) is 0. The summed E-state index contributed by atoms with van der Waals surface area (Å²) in [6.45, 7) is 0.633. The molecule has 4 aromatic rings. The number of imidazole rings is 1. The van der Waals surface area contributed by atoms with Crippen molar-refractivity contribution in [2.24, 2.45) is 0 Å². The minimum absolute atomic E-state index is 0.00120. The molecule has 0 aliphatic carbocycles. The highest BCUT2D eigenvalue weighted by Crippen LogP contribution is 2.34. The third-order valence-electron chi connectivity index (χ3n) is 4.97. The highest BCUT2D eigenvalue weighted by Gasteiger charge is 2.35. The minimum atomic E-state index is -0.236. The van der Waals surface area contributed by atoms with E-state index in [0.29, 0.717) is 12.2 Å². The zero-order chi connectivity index (χ0) is 17.5. The first-order valence-electron chi connectivity index (χ1n) is 8.62. The van der Waals surface area contributed by atoms with Gasteiger partial charge < -0.3 is 14.3 Å². The second kappa shape index (κ2) is 5.84. The lowest BCUT2D eigenvalue weighted by atomic mass is 9.96. The fourth-order valence-corrected chi connectivity index (χ4v) is 3.75. The predicted molar refractivity (Wildman–Crippen MR) is 96.8 cm³/mol. The summed E-state index contributed by atoms with van der Waals surface area (Å²) in [5.74, 6) is -0.00120. The van der Waals surface area contributed by atoms with Crippen molar-refractivity contribution in [1.82, 2.24) is 24.3 Å². The Morgan fingerprint density at radius 3 is 3.00 bits per heavy atom. The van der Waals surface area contributed by atoms with Crippen LogP contribution in [0.1, 0.15) is 33.5 Å². The summed E-state index contributed by atoms with van der Waals surface area (Å²) in [4.78, 5) is 27.3. The van der Waals surface area contributed by atoms with Gasteiger partial charge in [0.25, 0.3) is 5.91 Å². The zero-order valence-corrected chi connectivity index (χ0v) is 14.0. The van der Waals surface area contributed by atoms with Crippen LogP contribution in [0, 0.1) is 0 Å². The Morgan fingerprint density at radius 1 is 1.15 bits per heavy atom. The molecule has 1 aliphatic heterocycles. The monoisotopic (exact) mass is 343 g/mol. The Morgan fingerprint density at radius 2 is 2.12 bits per heavy atom. The first kappa shape index (κ1) is 14.9. The smallest absolute Gasteiger partial charge is 0.271 e. The molecular formula is C20H17N5O. The number of nitrogens with zero attached hydrogens (tertiary/aromatic N) is 4. The van der Waals surface area contributed by atoms with Crippen molar-refractivity contribution in [3.63, 3.8) is 0 Å². The molecule has 5 rings (SSSR count). The van der Waals surface area contributed by atoms with Gasteiger partial charge in [-0.3, -0.25) is 9.78 Å². The van der Waals surface area contributed by atoms with Crippen LogP contribution in [0.15, 0.2) is 67.4 Å². The van der Waals surface area contributed by atoms with Crippen LogP contribution in [0.4, 0.5) is 0 Å². The highest BCUT2D eigenvalue weighted by atomic mass is 16.2. The van der Waals surface area contributed by atoms with Crippen LogP contribution in [0.3, 0.4) is 0 Å². The first-order chi connectivity index (χ1) is 12.8. The minimum Gasteiger partial charge on any atom is -0.348 e. The van der Waals surface area contributed by atoms with Gasteiger partial charge in [-0.25, -0.2) is 4.98 Å². The Hall–Kier alpha value is -3.41. The third kappa shape index (κ3) is 2.23. The summed E-state index contributed by atoms with van der Waals surface area (Å²) in [7, 11) is 0. The van der Waals surface area contributed by atoms with Gasteiger partial charge in [0.15, 0.2) is 0 Å². The lowest BCUT2D eigenvalue weighted by molar-refractivity contribution is 0.0683.